The molecular weight excluding hydrogens is 366 g/mol. The highest BCUT2D eigenvalue weighted by Crippen LogP contribution is 2.25. The highest BCUT2D eigenvalue weighted by molar-refractivity contribution is 9.10. The molecule has 0 saturated carbocycles. The van der Waals surface area contributed by atoms with Gasteiger partial charge >= 0.3 is 0 Å². The van der Waals surface area contributed by atoms with Gasteiger partial charge in [0.15, 0.2) is 5.13 Å². The van der Waals surface area contributed by atoms with Crippen LogP contribution in [-0.4, -0.2) is 21.6 Å². The molecule has 1 atom stereocenters. The molecule has 0 saturated heterocycles. The van der Waals surface area contributed by atoms with Gasteiger partial charge in [0.25, 0.3) is 0 Å². The smallest absolute Gasteiger partial charge is 0.239 e. The summed E-state index contributed by atoms with van der Waals surface area (Å²) in [4.78, 5) is 26.6. The van der Waals surface area contributed by atoms with Crippen LogP contribution in [0.1, 0.15) is 19.4 Å². The van der Waals surface area contributed by atoms with Crippen LogP contribution < -0.4 is 10.6 Å². The molecule has 2 rings (SSSR count). The van der Waals surface area contributed by atoms with E-state index in [1.165, 1.54) is 18.3 Å². The number of halogens is 1. The number of anilines is 1. The minimum Gasteiger partial charge on any atom is -0.352 e. The van der Waals surface area contributed by atoms with Crippen molar-refractivity contribution in [2.75, 3.05) is 5.32 Å². The van der Waals surface area contributed by atoms with Gasteiger partial charge in [0, 0.05) is 24.4 Å². The van der Waals surface area contributed by atoms with E-state index in [-0.39, 0.29) is 16.6 Å². The van der Waals surface area contributed by atoms with Crippen LogP contribution in [0.5, 0.6) is 0 Å². The molecule has 22 heavy (non-hydrogen) atoms. The largest absolute Gasteiger partial charge is 0.352 e. The lowest BCUT2D eigenvalue weighted by atomic mass is 10.1. The molecule has 116 valence electrons. The number of carbonyl (C=O) groups excluding carboxylic acids is 2. The summed E-state index contributed by atoms with van der Waals surface area (Å²) in [6, 6.07) is 7.79. The number of aromatic nitrogens is 1. The first-order chi connectivity index (χ1) is 10.5. The van der Waals surface area contributed by atoms with E-state index in [2.05, 4.69) is 31.5 Å². The number of nitrogens with one attached hydrogen (secondary N) is 2. The number of thiazole rings is 1. The summed E-state index contributed by atoms with van der Waals surface area (Å²) in [5.74, 6) is -0.170. The first-order valence-electron chi connectivity index (χ1n) is 6.70. The lowest BCUT2D eigenvalue weighted by Gasteiger charge is -2.04. The number of rotatable bonds is 5. The average molecular weight is 382 g/mol. The van der Waals surface area contributed by atoms with Crippen LogP contribution in [0.25, 0.3) is 11.3 Å². The van der Waals surface area contributed by atoms with Crippen molar-refractivity contribution in [3.63, 3.8) is 0 Å². The van der Waals surface area contributed by atoms with Gasteiger partial charge in [0.2, 0.25) is 11.8 Å². The van der Waals surface area contributed by atoms with Gasteiger partial charge in [-0.05, 0) is 12.5 Å². The molecule has 1 unspecified atom stereocenters. The maximum atomic E-state index is 11.6. The molecule has 0 spiro atoms. The van der Waals surface area contributed by atoms with Crippen molar-refractivity contribution in [3.8, 4) is 11.3 Å². The minimum atomic E-state index is -0.257. The Morgan fingerprint density at radius 2 is 2.00 bits per heavy atom. The number of amides is 2. The zero-order chi connectivity index (χ0) is 16.1. The fourth-order valence-electron chi connectivity index (χ4n) is 1.69. The van der Waals surface area contributed by atoms with Crippen LogP contribution >= 0.6 is 27.3 Å². The van der Waals surface area contributed by atoms with Gasteiger partial charge in [0.1, 0.15) is 0 Å². The Bertz CT molecular complexity index is 668. The van der Waals surface area contributed by atoms with Crippen molar-refractivity contribution in [1.29, 1.82) is 0 Å². The summed E-state index contributed by atoms with van der Waals surface area (Å²) in [6.45, 7) is 3.77. The molecule has 0 aliphatic rings. The maximum absolute atomic E-state index is 11.6. The van der Waals surface area contributed by atoms with Crippen LogP contribution in [0, 0.1) is 0 Å². The van der Waals surface area contributed by atoms with Crippen molar-refractivity contribution in [2.24, 2.45) is 0 Å². The van der Waals surface area contributed by atoms with Crippen molar-refractivity contribution in [3.05, 3.63) is 35.2 Å². The first-order valence-corrected chi connectivity index (χ1v) is 8.49. The fraction of sp³-hybridized carbons (Fsp3) is 0.267. The first kappa shape index (κ1) is 16.6. The summed E-state index contributed by atoms with van der Waals surface area (Å²) >= 11 is 4.60. The molecule has 0 aliphatic heterocycles. The molecule has 0 aliphatic carbocycles. The monoisotopic (exact) mass is 381 g/mol. The van der Waals surface area contributed by atoms with Gasteiger partial charge in [-0.3, -0.25) is 9.59 Å². The van der Waals surface area contributed by atoms with Crippen molar-refractivity contribution >= 4 is 44.2 Å². The van der Waals surface area contributed by atoms with E-state index < -0.39 is 0 Å². The zero-order valence-corrected chi connectivity index (χ0v) is 14.6. The highest BCUT2D eigenvalue weighted by Gasteiger charge is 2.11. The second-order valence-electron chi connectivity index (χ2n) is 4.75. The molecule has 5 nitrogen and oxygen atoms in total. The molecule has 2 amide bonds. The Kier molecular flexibility index (Phi) is 5.68. The third-order valence-corrected chi connectivity index (χ3v) is 4.06. The molecule has 0 bridgehead atoms. The third kappa shape index (κ3) is 4.64. The van der Waals surface area contributed by atoms with Gasteiger partial charge in [-0.1, -0.05) is 40.2 Å². The van der Waals surface area contributed by atoms with Gasteiger partial charge in [-0.25, -0.2) is 4.98 Å². The lowest BCUT2D eigenvalue weighted by Crippen LogP contribution is -2.19. The zero-order valence-electron chi connectivity index (χ0n) is 12.2. The average Bonchev–Trinajstić information content (AvgIpc) is 2.94. The van der Waals surface area contributed by atoms with Crippen LogP contribution in [-0.2, 0) is 16.1 Å². The normalized spacial score (nSPS) is 11.8. The molecule has 1 heterocycles. The van der Waals surface area contributed by atoms with E-state index in [4.69, 9.17) is 0 Å². The summed E-state index contributed by atoms with van der Waals surface area (Å²) < 4.78 is 0. The molecule has 0 radical (unpaired) electrons. The SMILES string of the molecule is CC(=O)NCc1ccc(-c2csc(NC(=O)C(C)Br)n2)cc1. The molecule has 7 heteroatoms. The second-order valence-corrected chi connectivity index (χ2v) is 6.98. The highest BCUT2D eigenvalue weighted by atomic mass is 79.9. The lowest BCUT2D eigenvalue weighted by molar-refractivity contribution is -0.119. The number of nitrogens with zero attached hydrogens (tertiary/aromatic N) is 1. The maximum Gasteiger partial charge on any atom is 0.239 e. The second kappa shape index (κ2) is 7.51. The number of benzene rings is 1. The molecule has 0 fully saturated rings. The fourth-order valence-corrected chi connectivity index (χ4v) is 2.53. The van der Waals surface area contributed by atoms with E-state index >= 15 is 0 Å². The van der Waals surface area contributed by atoms with Crippen LogP contribution in [0.15, 0.2) is 29.6 Å². The molecule has 2 N–H and O–H groups in total. The summed E-state index contributed by atoms with van der Waals surface area (Å²) in [7, 11) is 0. The van der Waals surface area contributed by atoms with Crippen molar-refractivity contribution in [2.45, 2.75) is 25.2 Å². The minimum absolute atomic E-state index is 0.0509. The van der Waals surface area contributed by atoms with Gasteiger partial charge in [-0.15, -0.1) is 11.3 Å². The Balaban J connectivity index is 2.04. The van der Waals surface area contributed by atoms with E-state index in [0.717, 1.165) is 16.8 Å². The summed E-state index contributed by atoms with van der Waals surface area (Å²) in [5, 5.41) is 7.98. The Hall–Kier alpha value is -1.73. The predicted octanol–water partition coefficient (Wildman–Crippen LogP) is 3.17. The van der Waals surface area contributed by atoms with Gasteiger partial charge in [-0.2, -0.15) is 0 Å². The standard InChI is InChI=1S/C15H16BrN3O2S/c1-9(16)14(21)19-15-18-13(8-22-15)12-5-3-11(4-6-12)7-17-10(2)20/h3-6,8-9H,7H2,1-2H3,(H,17,20)(H,18,19,21). The predicted molar refractivity (Wildman–Crippen MR) is 92.1 cm³/mol. The quantitative estimate of drug-likeness (QED) is 0.781. The molecule has 1 aromatic heterocycles. The topological polar surface area (TPSA) is 71.1 Å². The third-order valence-electron chi connectivity index (χ3n) is 2.89. The summed E-state index contributed by atoms with van der Waals surface area (Å²) in [6.07, 6.45) is 0. The Morgan fingerprint density at radius 1 is 1.32 bits per heavy atom. The molecule has 2 aromatic rings. The van der Waals surface area contributed by atoms with Crippen LogP contribution in [0.4, 0.5) is 5.13 Å². The number of hydrogen-bond donors (Lipinski definition) is 2. The molecule has 1 aromatic carbocycles. The van der Waals surface area contributed by atoms with Gasteiger partial charge < -0.3 is 10.6 Å². The van der Waals surface area contributed by atoms with Crippen molar-refractivity contribution in [1.82, 2.24) is 10.3 Å². The van der Waals surface area contributed by atoms with E-state index in [0.29, 0.717) is 11.7 Å². The van der Waals surface area contributed by atoms with E-state index in [1.54, 1.807) is 6.92 Å². The van der Waals surface area contributed by atoms with Crippen LogP contribution in [0.3, 0.4) is 0 Å². The number of alkyl halides is 1. The van der Waals surface area contributed by atoms with Crippen LogP contribution in [0.2, 0.25) is 0 Å². The van der Waals surface area contributed by atoms with Gasteiger partial charge in [0.05, 0.1) is 10.5 Å². The van der Waals surface area contributed by atoms with E-state index in [1.807, 2.05) is 29.6 Å². The van der Waals surface area contributed by atoms with Crippen molar-refractivity contribution < 1.29 is 9.59 Å². The number of carbonyl (C=O) groups is 2. The summed E-state index contributed by atoms with van der Waals surface area (Å²) in [5.41, 5.74) is 2.81. The Morgan fingerprint density at radius 3 is 2.59 bits per heavy atom. The molecular formula is C15H16BrN3O2S. The number of hydrogen-bond acceptors (Lipinski definition) is 4. The Labute approximate surface area is 141 Å². The van der Waals surface area contributed by atoms with E-state index in [9.17, 15) is 9.59 Å².